The molecule has 1 saturated carbocycles. The van der Waals surface area contributed by atoms with Crippen molar-refractivity contribution in [3.8, 4) is 11.5 Å². The SMILES string of the molecule is COc1ccc(OC)c(CN(C(=O)c2sc(C)nc2C)C2CC2)c1. The molecule has 1 amide bonds. The highest BCUT2D eigenvalue weighted by atomic mass is 32.1. The van der Waals surface area contributed by atoms with E-state index in [1.54, 1.807) is 14.2 Å². The number of aromatic nitrogens is 1. The van der Waals surface area contributed by atoms with Gasteiger partial charge in [0, 0.05) is 11.6 Å². The van der Waals surface area contributed by atoms with Gasteiger partial charge in [0.25, 0.3) is 5.91 Å². The fourth-order valence-electron chi connectivity index (χ4n) is 2.80. The topological polar surface area (TPSA) is 51.7 Å². The molecular weight excluding hydrogens is 324 g/mol. The summed E-state index contributed by atoms with van der Waals surface area (Å²) in [5, 5.41) is 0.922. The fraction of sp³-hybridized carbons (Fsp3) is 0.444. The number of benzene rings is 1. The van der Waals surface area contributed by atoms with Gasteiger partial charge in [-0.3, -0.25) is 4.79 Å². The van der Waals surface area contributed by atoms with Crippen molar-refractivity contribution in [3.05, 3.63) is 39.3 Å². The molecule has 1 aliphatic rings. The summed E-state index contributed by atoms with van der Waals surface area (Å²) in [6.07, 6.45) is 2.10. The van der Waals surface area contributed by atoms with E-state index < -0.39 is 0 Å². The van der Waals surface area contributed by atoms with Gasteiger partial charge >= 0.3 is 0 Å². The van der Waals surface area contributed by atoms with Crippen LogP contribution in [0.2, 0.25) is 0 Å². The first kappa shape index (κ1) is 16.8. The lowest BCUT2D eigenvalue weighted by molar-refractivity contribution is 0.0732. The van der Waals surface area contributed by atoms with Crippen LogP contribution >= 0.6 is 11.3 Å². The highest BCUT2D eigenvalue weighted by Crippen LogP contribution is 2.34. The lowest BCUT2D eigenvalue weighted by Gasteiger charge is -2.23. The van der Waals surface area contributed by atoms with Gasteiger partial charge in [-0.1, -0.05) is 0 Å². The first-order chi connectivity index (χ1) is 11.5. The Kier molecular flexibility index (Phi) is 4.76. The number of hydrogen-bond acceptors (Lipinski definition) is 5. The number of amides is 1. The molecule has 0 aliphatic heterocycles. The van der Waals surface area contributed by atoms with Gasteiger partial charge in [0.1, 0.15) is 16.4 Å². The number of rotatable bonds is 6. The molecule has 2 aromatic rings. The maximum absolute atomic E-state index is 13.0. The lowest BCUT2D eigenvalue weighted by atomic mass is 10.1. The van der Waals surface area contributed by atoms with E-state index in [9.17, 15) is 4.79 Å². The number of nitrogens with zero attached hydrogens (tertiary/aromatic N) is 2. The summed E-state index contributed by atoms with van der Waals surface area (Å²) in [6, 6.07) is 5.98. The molecular formula is C18H22N2O3S. The van der Waals surface area contributed by atoms with Crippen molar-refractivity contribution >= 4 is 17.2 Å². The highest BCUT2D eigenvalue weighted by molar-refractivity contribution is 7.13. The number of carbonyl (C=O) groups is 1. The van der Waals surface area contributed by atoms with Gasteiger partial charge in [0.05, 0.1) is 31.5 Å². The van der Waals surface area contributed by atoms with Gasteiger partial charge in [-0.05, 0) is 44.9 Å². The number of carbonyl (C=O) groups excluding carboxylic acids is 1. The Morgan fingerprint density at radius 2 is 2.04 bits per heavy atom. The Morgan fingerprint density at radius 1 is 1.29 bits per heavy atom. The van der Waals surface area contributed by atoms with Gasteiger partial charge in [0.2, 0.25) is 0 Å². The summed E-state index contributed by atoms with van der Waals surface area (Å²) < 4.78 is 10.8. The zero-order valence-corrected chi connectivity index (χ0v) is 15.3. The molecule has 0 spiro atoms. The Labute approximate surface area is 146 Å². The smallest absolute Gasteiger partial charge is 0.266 e. The van der Waals surface area contributed by atoms with Crippen molar-refractivity contribution < 1.29 is 14.3 Å². The molecule has 0 atom stereocenters. The standard InChI is InChI=1S/C18H22N2O3S/c1-11-17(24-12(2)19-11)18(21)20(14-5-6-14)10-13-9-15(22-3)7-8-16(13)23-4/h7-9,14H,5-6,10H2,1-4H3. The van der Waals surface area contributed by atoms with Crippen LogP contribution in [0.3, 0.4) is 0 Å². The first-order valence-electron chi connectivity index (χ1n) is 7.99. The van der Waals surface area contributed by atoms with Crippen LogP contribution in [0.25, 0.3) is 0 Å². The van der Waals surface area contributed by atoms with Gasteiger partial charge < -0.3 is 14.4 Å². The number of ether oxygens (including phenoxy) is 2. The summed E-state index contributed by atoms with van der Waals surface area (Å²) in [4.78, 5) is 20.1. The molecule has 1 fully saturated rings. The Bertz CT molecular complexity index is 753. The molecule has 24 heavy (non-hydrogen) atoms. The minimum absolute atomic E-state index is 0.0606. The third kappa shape index (κ3) is 3.38. The van der Waals surface area contributed by atoms with Crippen LogP contribution in [0.5, 0.6) is 11.5 Å². The van der Waals surface area contributed by atoms with Gasteiger partial charge in [-0.15, -0.1) is 11.3 Å². The Morgan fingerprint density at radius 3 is 2.58 bits per heavy atom. The summed E-state index contributed by atoms with van der Waals surface area (Å²) >= 11 is 1.47. The molecule has 5 nitrogen and oxygen atoms in total. The average Bonchev–Trinajstić information content (AvgIpc) is 3.36. The van der Waals surface area contributed by atoms with Crippen molar-refractivity contribution in [1.82, 2.24) is 9.88 Å². The summed E-state index contributed by atoms with van der Waals surface area (Å²) in [5.74, 6) is 1.59. The third-order valence-electron chi connectivity index (χ3n) is 4.17. The molecule has 0 saturated heterocycles. The van der Waals surface area contributed by atoms with Crippen LogP contribution in [0.4, 0.5) is 0 Å². The normalized spacial score (nSPS) is 13.7. The number of thiazole rings is 1. The van der Waals surface area contributed by atoms with Crippen molar-refractivity contribution in [2.45, 2.75) is 39.3 Å². The quantitative estimate of drug-likeness (QED) is 0.802. The van der Waals surface area contributed by atoms with Crippen LogP contribution in [0.1, 0.15) is 38.8 Å². The van der Waals surface area contributed by atoms with E-state index in [0.29, 0.717) is 12.6 Å². The zero-order valence-electron chi connectivity index (χ0n) is 14.5. The first-order valence-corrected chi connectivity index (χ1v) is 8.81. The lowest BCUT2D eigenvalue weighted by Crippen LogP contribution is -2.32. The van der Waals surface area contributed by atoms with E-state index in [1.165, 1.54) is 11.3 Å². The van der Waals surface area contributed by atoms with Crippen molar-refractivity contribution in [1.29, 1.82) is 0 Å². The monoisotopic (exact) mass is 346 g/mol. The maximum Gasteiger partial charge on any atom is 0.266 e. The predicted octanol–water partition coefficient (Wildman–Crippen LogP) is 3.58. The number of hydrogen-bond donors (Lipinski definition) is 0. The summed E-state index contributed by atoms with van der Waals surface area (Å²) in [5.41, 5.74) is 1.77. The van der Waals surface area contributed by atoms with Crippen LogP contribution in [-0.4, -0.2) is 36.1 Å². The molecule has 128 valence electrons. The average molecular weight is 346 g/mol. The van der Waals surface area contributed by atoms with Crippen molar-refractivity contribution in [2.75, 3.05) is 14.2 Å². The summed E-state index contributed by atoms with van der Waals surface area (Å²) in [7, 11) is 3.28. The Hall–Kier alpha value is -2.08. The maximum atomic E-state index is 13.0. The molecule has 1 heterocycles. The molecule has 6 heteroatoms. The van der Waals surface area contributed by atoms with Crippen LogP contribution < -0.4 is 9.47 Å². The molecule has 0 radical (unpaired) electrons. The minimum atomic E-state index is 0.0606. The number of aryl methyl sites for hydroxylation is 2. The van der Waals surface area contributed by atoms with Gasteiger partial charge in [-0.25, -0.2) is 4.98 Å². The van der Waals surface area contributed by atoms with Gasteiger partial charge in [0.15, 0.2) is 0 Å². The molecule has 0 unspecified atom stereocenters. The largest absolute Gasteiger partial charge is 0.497 e. The van der Waals surface area contributed by atoms with Crippen LogP contribution in [-0.2, 0) is 6.54 Å². The van der Waals surface area contributed by atoms with Crippen molar-refractivity contribution in [3.63, 3.8) is 0 Å². The fourth-order valence-corrected chi connectivity index (χ4v) is 3.68. The number of methoxy groups -OCH3 is 2. The van der Waals surface area contributed by atoms with E-state index in [0.717, 1.165) is 45.5 Å². The van der Waals surface area contributed by atoms with Crippen LogP contribution in [0.15, 0.2) is 18.2 Å². The second kappa shape index (κ2) is 6.81. The van der Waals surface area contributed by atoms with E-state index >= 15 is 0 Å². The molecule has 1 aromatic heterocycles. The molecule has 0 N–H and O–H groups in total. The zero-order chi connectivity index (χ0) is 17.3. The predicted molar refractivity (Wildman–Crippen MR) is 94.0 cm³/mol. The minimum Gasteiger partial charge on any atom is -0.497 e. The molecule has 0 bridgehead atoms. The van der Waals surface area contributed by atoms with Crippen LogP contribution in [0, 0.1) is 13.8 Å². The highest BCUT2D eigenvalue weighted by Gasteiger charge is 2.35. The Balaban J connectivity index is 1.90. The van der Waals surface area contributed by atoms with Crippen molar-refractivity contribution in [2.24, 2.45) is 0 Å². The van der Waals surface area contributed by atoms with E-state index in [-0.39, 0.29) is 5.91 Å². The molecule has 1 aromatic carbocycles. The molecule has 1 aliphatic carbocycles. The van der Waals surface area contributed by atoms with E-state index in [4.69, 9.17) is 9.47 Å². The van der Waals surface area contributed by atoms with Gasteiger partial charge in [-0.2, -0.15) is 0 Å². The third-order valence-corrected chi connectivity index (χ3v) is 5.24. The molecule has 3 rings (SSSR count). The van der Waals surface area contributed by atoms with E-state index in [2.05, 4.69) is 4.98 Å². The van der Waals surface area contributed by atoms with E-state index in [1.807, 2.05) is 36.9 Å². The second-order valence-electron chi connectivity index (χ2n) is 5.99. The summed E-state index contributed by atoms with van der Waals surface area (Å²) in [6.45, 7) is 4.34. The second-order valence-corrected chi connectivity index (χ2v) is 7.19.